The van der Waals surface area contributed by atoms with E-state index in [4.69, 9.17) is 0 Å². The summed E-state index contributed by atoms with van der Waals surface area (Å²) < 4.78 is 0. The Kier molecular flexibility index (Phi) is 5.76. The molecule has 1 saturated carbocycles. The molecule has 2 N–H and O–H groups in total. The normalized spacial score (nSPS) is 16.2. The molecular formula is C21H26N2O3. The molecule has 1 aromatic heterocycles. The van der Waals surface area contributed by atoms with E-state index in [2.05, 4.69) is 4.98 Å². The average Bonchev–Trinajstić information content (AvgIpc) is 2.66. The number of amides is 1. The molecule has 1 aromatic carbocycles. The van der Waals surface area contributed by atoms with E-state index in [1.54, 1.807) is 12.3 Å². The van der Waals surface area contributed by atoms with Crippen LogP contribution in [0.2, 0.25) is 0 Å². The summed E-state index contributed by atoms with van der Waals surface area (Å²) >= 11 is 0. The SMILES string of the molecule is CC(CC(=O)N(c1ccccn1)C1CCCCC1)c1ccc(O)c(O)c1. The van der Waals surface area contributed by atoms with Gasteiger partial charge >= 0.3 is 0 Å². The summed E-state index contributed by atoms with van der Waals surface area (Å²) in [5.41, 5.74) is 0.832. The zero-order valence-electron chi connectivity index (χ0n) is 15.1. The van der Waals surface area contributed by atoms with Crippen molar-refractivity contribution in [3.05, 3.63) is 48.2 Å². The van der Waals surface area contributed by atoms with Crippen LogP contribution >= 0.6 is 0 Å². The Morgan fingerprint density at radius 1 is 1.15 bits per heavy atom. The van der Waals surface area contributed by atoms with E-state index in [1.165, 1.54) is 18.6 Å². The first-order chi connectivity index (χ1) is 12.6. The van der Waals surface area contributed by atoms with Gasteiger partial charge in [-0.05, 0) is 48.6 Å². The van der Waals surface area contributed by atoms with E-state index in [0.29, 0.717) is 12.2 Å². The number of phenols is 2. The number of benzene rings is 1. The van der Waals surface area contributed by atoms with Crippen LogP contribution in [0, 0.1) is 0 Å². The number of aromatic hydroxyl groups is 2. The van der Waals surface area contributed by atoms with Crippen LogP contribution in [0.5, 0.6) is 11.5 Å². The minimum atomic E-state index is -0.157. The van der Waals surface area contributed by atoms with Gasteiger partial charge in [-0.3, -0.25) is 9.69 Å². The summed E-state index contributed by atoms with van der Waals surface area (Å²) in [5.74, 6) is 0.393. The summed E-state index contributed by atoms with van der Waals surface area (Å²) in [4.78, 5) is 19.4. The zero-order chi connectivity index (χ0) is 18.5. The third kappa shape index (κ3) is 4.15. The lowest BCUT2D eigenvalue weighted by Gasteiger charge is -2.34. The van der Waals surface area contributed by atoms with Crippen molar-refractivity contribution in [3.63, 3.8) is 0 Å². The van der Waals surface area contributed by atoms with E-state index in [1.807, 2.05) is 30.0 Å². The topological polar surface area (TPSA) is 73.7 Å². The average molecular weight is 354 g/mol. The Bertz CT molecular complexity index is 742. The highest BCUT2D eigenvalue weighted by Gasteiger charge is 2.28. The van der Waals surface area contributed by atoms with Crippen LogP contribution in [0.3, 0.4) is 0 Å². The molecule has 0 spiro atoms. The highest BCUT2D eigenvalue weighted by atomic mass is 16.3. The maximum absolute atomic E-state index is 13.2. The molecule has 1 atom stereocenters. The summed E-state index contributed by atoms with van der Waals surface area (Å²) in [6.07, 6.45) is 7.58. The molecule has 26 heavy (non-hydrogen) atoms. The van der Waals surface area contributed by atoms with Crippen molar-refractivity contribution in [1.82, 2.24) is 4.98 Å². The maximum atomic E-state index is 13.2. The second-order valence-corrected chi connectivity index (χ2v) is 7.10. The van der Waals surface area contributed by atoms with Crippen LogP contribution < -0.4 is 4.90 Å². The predicted molar refractivity (Wildman–Crippen MR) is 101 cm³/mol. The minimum Gasteiger partial charge on any atom is -0.504 e. The van der Waals surface area contributed by atoms with Crippen LogP contribution in [-0.4, -0.2) is 27.1 Å². The molecule has 0 bridgehead atoms. The molecule has 0 aliphatic heterocycles. The second kappa shape index (κ2) is 8.21. The van der Waals surface area contributed by atoms with E-state index in [-0.39, 0.29) is 29.4 Å². The highest BCUT2D eigenvalue weighted by Crippen LogP contribution is 2.32. The third-order valence-corrected chi connectivity index (χ3v) is 5.15. The maximum Gasteiger partial charge on any atom is 0.229 e. The van der Waals surface area contributed by atoms with Gasteiger partial charge in [-0.1, -0.05) is 38.3 Å². The van der Waals surface area contributed by atoms with Crippen molar-refractivity contribution < 1.29 is 15.0 Å². The first-order valence-corrected chi connectivity index (χ1v) is 9.31. The fraction of sp³-hybridized carbons (Fsp3) is 0.429. The van der Waals surface area contributed by atoms with Crippen molar-refractivity contribution in [2.45, 2.75) is 57.4 Å². The molecular weight excluding hydrogens is 328 g/mol. The van der Waals surface area contributed by atoms with E-state index < -0.39 is 0 Å². The smallest absolute Gasteiger partial charge is 0.229 e. The fourth-order valence-corrected chi connectivity index (χ4v) is 3.68. The van der Waals surface area contributed by atoms with Gasteiger partial charge in [-0.2, -0.15) is 0 Å². The summed E-state index contributed by atoms with van der Waals surface area (Å²) in [6.45, 7) is 1.96. The van der Waals surface area contributed by atoms with Crippen LogP contribution in [0.25, 0.3) is 0 Å². The molecule has 1 unspecified atom stereocenters. The molecule has 1 fully saturated rings. The van der Waals surface area contributed by atoms with E-state index in [9.17, 15) is 15.0 Å². The van der Waals surface area contributed by atoms with Gasteiger partial charge in [-0.15, -0.1) is 0 Å². The number of rotatable bonds is 5. The highest BCUT2D eigenvalue weighted by molar-refractivity contribution is 5.93. The van der Waals surface area contributed by atoms with Crippen molar-refractivity contribution in [1.29, 1.82) is 0 Å². The summed E-state index contributed by atoms with van der Waals surface area (Å²) in [5, 5.41) is 19.2. The molecule has 2 aromatic rings. The van der Waals surface area contributed by atoms with E-state index in [0.717, 1.165) is 31.2 Å². The number of hydrogen-bond acceptors (Lipinski definition) is 4. The Balaban J connectivity index is 1.79. The molecule has 0 radical (unpaired) electrons. The Morgan fingerprint density at radius 3 is 2.58 bits per heavy atom. The summed E-state index contributed by atoms with van der Waals surface area (Å²) in [7, 11) is 0. The monoisotopic (exact) mass is 354 g/mol. The molecule has 5 nitrogen and oxygen atoms in total. The molecule has 0 saturated heterocycles. The molecule has 1 heterocycles. The largest absolute Gasteiger partial charge is 0.504 e. The van der Waals surface area contributed by atoms with E-state index >= 15 is 0 Å². The van der Waals surface area contributed by atoms with Gasteiger partial charge in [-0.25, -0.2) is 4.98 Å². The third-order valence-electron chi connectivity index (χ3n) is 5.15. The lowest BCUT2D eigenvalue weighted by atomic mass is 9.92. The molecule has 1 aliphatic carbocycles. The predicted octanol–water partition coefficient (Wildman–Crippen LogP) is 4.35. The van der Waals surface area contributed by atoms with Crippen LogP contribution in [0.1, 0.15) is 56.9 Å². The number of anilines is 1. The number of phenolic OH excluding ortho intramolecular Hbond substituents is 2. The van der Waals surface area contributed by atoms with Gasteiger partial charge in [0.15, 0.2) is 11.5 Å². The van der Waals surface area contributed by atoms with Crippen molar-refractivity contribution >= 4 is 11.7 Å². The van der Waals surface area contributed by atoms with Gasteiger partial charge in [0.05, 0.1) is 0 Å². The molecule has 1 aliphatic rings. The number of nitrogens with zero attached hydrogens (tertiary/aromatic N) is 2. The minimum absolute atomic E-state index is 0.0515. The van der Waals surface area contributed by atoms with Gasteiger partial charge < -0.3 is 10.2 Å². The van der Waals surface area contributed by atoms with Gasteiger partial charge in [0, 0.05) is 18.7 Å². The van der Waals surface area contributed by atoms with Crippen LogP contribution in [-0.2, 0) is 4.79 Å². The zero-order valence-corrected chi connectivity index (χ0v) is 15.1. The van der Waals surface area contributed by atoms with Gasteiger partial charge in [0.25, 0.3) is 0 Å². The number of carbonyl (C=O) groups excluding carboxylic acids is 1. The Labute approximate surface area is 154 Å². The standard InChI is InChI=1S/C21H26N2O3/c1-15(16-10-11-18(24)19(25)14-16)13-21(26)23(17-7-3-2-4-8-17)20-9-5-6-12-22-20/h5-6,9-12,14-15,17,24-25H,2-4,7-8,13H2,1H3. The van der Waals surface area contributed by atoms with Crippen LogP contribution in [0.15, 0.2) is 42.6 Å². The molecule has 1 amide bonds. The quantitative estimate of drug-likeness (QED) is 0.783. The van der Waals surface area contributed by atoms with Crippen LogP contribution in [0.4, 0.5) is 5.82 Å². The van der Waals surface area contributed by atoms with Crippen molar-refractivity contribution in [3.8, 4) is 11.5 Å². The molecule has 138 valence electrons. The lowest BCUT2D eigenvalue weighted by Crippen LogP contribution is -2.42. The molecule has 5 heteroatoms. The number of hydrogen-bond donors (Lipinski definition) is 2. The Morgan fingerprint density at radius 2 is 1.92 bits per heavy atom. The number of carbonyl (C=O) groups is 1. The first-order valence-electron chi connectivity index (χ1n) is 9.31. The van der Waals surface area contributed by atoms with Crippen molar-refractivity contribution in [2.24, 2.45) is 0 Å². The summed E-state index contributed by atoms with van der Waals surface area (Å²) in [6, 6.07) is 10.6. The lowest BCUT2D eigenvalue weighted by molar-refractivity contribution is -0.119. The first kappa shape index (κ1) is 18.2. The Hall–Kier alpha value is -2.56. The van der Waals surface area contributed by atoms with Crippen molar-refractivity contribution in [2.75, 3.05) is 4.90 Å². The fourth-order valence-electron chi connectivity index (χ4n) is 3.68. The molecule has 3 rings (SSSR count). The van der Waals surface area contributed by atoms with Gasteiger partial charge in [0.1, 0.15) is 5.82 Å². The van der Waals surface area contributed by atoms with Gasteiger partial charge in [0.2, 0.25) is 5.91 Å². The second-order valence-electron chi connectivity index (χ2n) is 7.10. The number of aromatic nitrogens is 1. The number of pyridine rings is 1.